The minimum atomic E-state index is -0.892. The molecule has 2 unspecified atom stereocenters. The number of thioether (sulfide) groups is 1. The number of urea groups is 1. The molecule has 2 fully saturated rings. The second-order valence-corrected chi connectivity index (χ2v) is 6.06. The summed E-state index contributed by atoms with van der Waals surface area (Å²) in [6.45, 7) is 2.69. The lowest BCUT2D eigenvalue weighted by Crippen LogP contribution is -2.50. The molecule has 2 amide bonds. The number of carboxylic acid groups (broad SMARTS) is 1. The summed E-state index contributed by atoms with van der Waals surface area (Å²) >= 11 is 1.61. The van der Waals surface area contributed by atoms with Gasteiger partial charge in [0.15, 0.2) is 0 Å². The summed E-state index contributed by atoms with van der Waals surface area (Å²) in [7, 11) is 0. The molecule has 1 saturated carbocycles. The number of carbonyl (C=O) groups excluding carboxylic acids is 1. The van der Waals surface area contributed by atoms with Gasteiger partial charge in [0.2, 0.25) is 0 Å². The third kappa shape index (κ3) is 2.91. The van der Waals surface area contributed by atoms with Crippen molar-refractivity contribution in [1.29, 1.82) is 0 Å². The Morgan fingerprint density at radius 1 is 1.44 bits per heavy atom. The number of nitrogens with zero attached hydrogens (tertiary/aromatic N) is 1. The van der Waals surface area contributed by atoms with Crippen molar-refractivity contribution in [3.8, 4) is 0 Å². The first-order valence-corrected chi connectivity index (χ1v) is 7.60. The molecule has 2 atom stereocenters. The molecule has 1 saturated heterocycles. The molecule has 6 heteroatoms. The molecule has 0 spiro atoms. The van der Waals surface area contributed by atoms with Crippen LogP contribution in [0.25, 0.3) is 0 Å². The van der Waals surface area contributed by atoms with Crippen LogP contribution in [0.5, 0.6) is 0 Å². The van der Waals surface area contributed by atoms with E-state index in [1.165, 1.54) is 0 Å². The van der Waals surface area contributed by atoms with Crippen molar-refractivity contribution in [1.82, 2.24) is 10.2 Å². The summed E-state index contributed by atoms with van der Waals surface area (Å²) in [6.07, 6.45) is 4.17. The van der Waals surface area contributed by atoms with E-state index in [1.54, 1.807) is 16.7 Å². The maximum atomic E-state index is 12.1. The number of hydrogen-bond donors (Lipinski definition) is 2. The zero-order valence-electron chi connectivity index (χ0n) is 10.6. The topological polar surface area (TPSA) is 69.6 Å². The van der Waals surface area contributed by atoms with Crippen LogP contribution in [0.3, 0.4) is 0 Å². The zero-order chi connectivity index (χ0) is 13.1. The third-order valence-corrected chi connectivity index (χ3v) is 4.85. The van der Waals surface area contributed by atoms with E-state index in [1.807, 2.05) is 0 Å². The lowest BCUT2D eigenvalue weighted by Gasteiger charge is -2.27. The van der Waals surface area contributed by atoms with Crippen LogP contribution in [0, 0.1) is 5.92 Å². The Bertz CT molecular complexity index is 333. The molecule has 2 rings (SSSR count). The standard InChI is InChI=1S/C12H20N2O3S/c1-2-3-6-13-12(17)14-9(11(15)16)7-18-10(14)8-4-5-8/h8-10H,2-7H2,1H3,(H,13,17)(H,15,16). The maximum absolute atomic E-state index is 12.1. The lowest BCUT2D eigenvalue weighted by molar-refractivity contribution is -0.141. The van der Waals surface area contributed by atoms with Gasteiger partial charge < -0.3 is 10.4 Å². The highest BCUT2D eigenvalue weighted by molar-refractivity contribution is 8.00. The summed E-state index contributed by atoms with van der Waals surface area (Å²) in [5.41, 5.74) is 0. The molecule has 2 N–H and O–H groups in total. The quantitative estimate of drug-likeness (QED) is 0.748. The van der Waals surface area contributed by atoms with Crippen molar-refractivity contribution in [2.75, 3.05) is 12.3 Å². The molecule has 0 aromatic rings. The van der Waals surface area contributed by atoms with Gasteiger partial charge in [0.1, 0.15) is 6.04 Å². The SMILES string of the molecule is CCCCNC(=O)N1C(C(=O)O)CSC1C1CC1. The van der Waals surface area contributed by atoms with Crippen LogP contribution >= 0.6 is 11.8 Å². The Balaban J connectivity index is 1.98. The van der Waals surface area contributed by atoms with Crippen LogP contribution in [0.4, 0.5) is 4.79 Å². The van der Waals surface area contributed by atoms with Crippen molar-refractivity contribution in [3.63, 3.8) is 0 Å². The van der Waals surface area contributed by atoms with E-state index in [-0.39, 0.29) is 11.4 Å². The number of hydrogen-bond acceptors (Lipinski definition) is 3. The molecular formula is C12H20N2O3S. The van der Waals surface area contributed by atoms with Gasteiger partial charge >= 0.3 is 12.0 Å². The van der Waals surface area contributed by atoms with Crippen LogP contribution in [0.15, 0.2) is 0 Å². The highest BCUT2D eigenvalue weighted by atomic mass is 32.2. The summed E-state index contributed by atoms with van der Waals surface area (Å²) in [6, 6.07) is -0.875. The zero-order valence-corrected chi connectivity index (χ0v) is 11.4. The molecule has 0 aromatic carbocycles. The Morgan fingerprint density at radius 2 is 2.17 bits per heavy atom. The number of carbonyl (C=O) groups is 2. The fourth-order valence-electron chi connectivity index (χ4n) is 2.18. The summed E-state index contributed by atoms with van der Waals surface area (Å²) in [4.78, 5) is 24.9. The second kappa shape index (κ2) is 5.82. The van der Waals surface area contributed by atoms with Crippen molar-refractivity contribution in [3.05, 3.63) is 0 Å². The van der Waals surface area contributed by atoms with Crippen molar-refractivity contribution in [2.24, 2.45) is 5.92 Å². The Kier molecular flexibility index (Phi) is 4.37. The van der Waals surface area contributed by atoms with Crippen LogP contribution in [-0.4, -0.2) is 45.7 Å². The van der Waals surface area contributed by atoms with Gasteiger partial charge in [-0.25, -0.2) is 9.59 Å². The average molecular weight is 272 g/mol. The van der Waals surface area contributed by atoms with Crippen molar-refractivity contribution >= 4 is 23.8 Å². The number of unbranched alkanes of at least 4 members (excludes halogenated alkanes) is 1. The molecule has 1 heterocycles. The van der Waals surface area contributed by atoms with Gasteiger partial charge in [-0.15, -0.1) is 11.8 Å². The number of aliphatic carboxylic acids is 1. The lowest BCUT2D eigenvalue weighted by atomic mass is 10.2. The Morgan fingerprint density at radius 3 is 2.72 bits per heavy atom. The van der Waals surface area contributed by atoms with Crippen LogP contribution < -0.4 is 5.32 Å². The number of carboxylic acids is 1. The number of amides is 2. The molecular weight excluding hydrogens is 252 g/mol. The van der Waals surface area contributed by atoms with Crippen LogP contribution in [0.1, 0.15) is 32.6 Å². The molecule has 1 aliphatic carbocycles. The van der Waals surface area contributed by atoms with Gasteiger partial charge in [0, 0.05) is 12.3 Å². The van der Waals surface area contributed by atoms with E-state index in [9.17, 15) is 14.7 Å². The first kappa shape index (κ1) is 13.5. The van der Waals surface area contributed by atoms with Gasteiger partial charge in [0.25, 0.3) is 0 Å². The van der Waals surface area contributed by atoms with E-state index < -0.39 is 12.0 Å². The van der Waals surface area contributed by atoms with Gasteiger partial charge in [-0.3, -0.25) is 4.90 Å². The smallest absolute Gasteiger partial charge is 0.327 e. The fourth-order valence-corrected chi connectivity index (χ4v) is 3.81. The predicted molar refractivity (Wildman–Crippen MR) is 70.5 cm³/mol. The van der Waals surface area contributed by atoms with Crippen molar-refractivity contribution < 1.29 is 14.7 Å². The third-order valence-electron chi connectivity index (χ3n) is 3.39. The maximum Gasteiger partial charge on any atom is 0.327 e. The Labute approximate surface area is 111 Å². The molecule has 102 valence electrons. The molecule has 0 aromatic heterocycles. The van der Waals surface area contributed by atoms with Gasteiger partial charge in [-0.2, -0.15) is 0 Å². The highest BCUT2D eigenvalue weighted by Gasteiger charge is 2.47. The molecule has 0 radical (unpaired) electrons. The molecule has 18 heavy (non-hydrogen) atoms. The van der Waals surface area contributed by atoms with E-state index in [4.69, 9.17) is 0 Å². The minimum Gasteiger partial charge on any atom is -0.480 e. The average Bonchev–Trinajstić information content (AvgIpc) is 3.07. The second-order valence-electron chi connectivity index (χ2n) is 4.91. The molecule has 2 aliphatic rings. The fraction of sp³-hybridized carbons (Fsp3) is 0.833. The largest absolute Gasteiger partial charge is 0.480 e. The van der Waals surface area contributed by atoms with Crippen LogP contribution in [0.2, 0.25) is 0 Å². The summed E-state index contributed by atoms with van der Waals surface area (Å²) in [5, 5.41) is 12.1. The Hall–Kier alpha value is -0.910. The van der Waals surface area contributed by atoms with E-state index in [0.717, 1.165) is 25.7 Å². The molecule has 5 nitrogen and oxygen atoms in total. The normalized spacial score (nSPS) is 27.3. The summed E-state index contributed by atoms with van der Waals surface area (Å²) < 4.78 is 0. The molecule has 1 aliphatic heterocycles. The van der Waals surface area contributed by atoms with E-state index in [2.05, 4.69) is 12.2 Å². The highest BCUT2D eigenvalue weighted by Crippen LogP contribution is 2.45. The number of nitrogens with one attached hydrogen (secondary N) is 1. The minimum absolute atomic E-state index is 0.0627. The van der Waals surface area contributed by atoms with Gasteiger partial charge in [-0.05, 0) is 25.2 Å². The summed E-state index contributed by atoms with van der Waals surface area (Å²) in [5.74, 6) is 0.116. The van der Waals surface area contributed by atoms with Gasteiger partial charge in [0.05, 0.1) is 5.37 Å². The predicted octanol–water partition coefficient (Wildman–Crippen LogP) is 1.73. The van der Waals surface area contributed by atoms with Crippen LogP contribution in [-0.2, 0) is 4.79 Å². The monoisotopic (exact) mass is 272 g/mol. The van der Waals surface area contributed by atoms with Crippen molar-refractivity contribution in [2.45, 2.75) is 44.0 Å². The van der Waals surface area contributed by atoms with Gasteiger partial charge in [-0.1, -0.05) is 13.3 Å². The van der Waals surface area contributed by atoms with E-state index in [0.29, 0.717) is 18.2 Å². The molecule has 0 bridgehead atoms. The van der Waals surface area contributed by atoms with E-state index >= 15 is 0 Å². The first-order valence-electron chi connectivity index (χ1n) is 6.55. The number of rotatable bonds is 5. The first-order chi connectivity index (χ1) is 8.65.